The first kappa shape index (κ1) is 5.76. The van der Waals surface area contributed by atoms with Crippen LogP contribution in [0.3, 0.4) is 0 Å². The summed E-state index contributed by atoms with van der Waals surface area (Å²) in [5, 5.41) is 0. The molecule has 2 aliphatic carbocycles. The highest BCUT2D eigenvalue weighted by molar-refractivity contribution is 4.95. The third-order valence-corrected chi connectivity index (χ3v) is 3.13. The maximum atomic E-state index is 2.44. The number of rotatable bonds is 2. The van der Waals surface area contributed by atoms with E-state index in [1.54, 1.807) is 0 Å². The minimum atomic E-state index is 0.815. The van der Waals surface area contributed by atoms with Gasteiger partial charge in [-0.15, -0.1) is 0 Å². The molecule has 2 unspecified atom stereocenters. The summed E-state index contributed by atoms with van der Waals surface area (Å²) in [6.45, 7) is 4.83. The predicted molar refractivity (Wildman–Crippen MR) is 39.2 cm³/mol. The van der Waals surface area contributed by atoms with Crippen molar-refractivity contribution in [3.05, 3.63) is 0 Å². The highest BCUT2D eigenvalue weighted by atomic mass is 14.5. The van der Waals surface area contributed by atoms with Gasteiger partial charge in [0.05, 0.1) is 0 Å². The van der Waals surface area contributed by atoms with E-state index in [1.165, 1.54) is 25.7 Å². The summed E-state index contributed by atoms with van der Waals surface area (Å²) >= 11 is 0. The average molecular weight is 124 g/mol. The van der Waals surface area contributed by atoms with Crippen LogP contribution in [0.1, 0.15) is 39.5 Å². The van der Waals surface area contributed by atoms with E-state index in [2.05, 4.69) is 13.8 Å². The van der Waals surface area contributed by atoms with E-state index in [9.17, 15) is 0 Å². The Kier molecular flexibility index (Phi) is 0.980. The van der Waals surface area contributed by atoms with Crippen LogP contribution in [0.4, 0.5) is 0 Å². The summed E-state index contributed by atoms with van der Waals surface area (Å²) in [5.41, 5.74) is 0.815. The Morgan fingerprint density at radius 3 is 2.33 bits per heavy atom. The Bertz CT molecular complexity index is 122. The SMILES string of the molecule is CC1CC1CC1(C)CC1. The van der Waals surface area contributed by atoms with Gasteiger partial charge in [0.2, 0.25) is 0 Å². The molecular weight excluding hydrogens is 108 g/mol. The molecule has 0 radical (unpaired) electrons. The van der Waals surface area contributed by atoms with Gasteiger partial charge in [-0.25, -0.2) is 0 Å². The maximum Gasteiger partial charge on any atom is -0.0323 e. The highest BCUT2D eigenvalue weighted by Gasteiger charge is 2.44. The lowest BCUT2D eigenvalue weighted by molar-refractivity contribution is 0.465. The molecule has 2 atom stereocenters. The van der Waals surface area contributed by atoms with Crippen molar-refractivity contribution in [1.82, 2.24) is 0 Å². The van der Waals surface area contributed by atoms with Crippen LogP contribution in [0.2, 0.25) is 0 Å². The van der Waals surface area contributed by atoms with E-state index >= 15 is 0 Å². The molecule has 0 heteroatoms. The fraction of sp³-hybridized carbons (Fsp3) is 1.00. The van der Waals surface area contributed by atoms with Crippen molar-refractivity contribution >= 4 is 0 Å². The lowest BCUT2D eigenvalue weighted by Gasteiger charge is -2.04. The van der Waals surface area contributed by atoms with Gasteiger partial charge in [-0.3, -0.25) is 0 Å². The zero-order chi connectivity index (χ0) is 6.48. The molecule has 2 fully saturated rings. The number of hydrogen-bond acceptors (Lipinski definition) is 0. The summed E-state index contributed by atoms with van der Waals surface area (Å²) in [7, 11) is 0. The van der Waals surface area contributed by atoms with Crippen LogP contribution in [0.25, 0.3) is 0 Å². The number of hydrogen-bond donors (Lipinski definition) is 0. The fourth-order valence-electron chi connectivity index (χ4n) is 1.73. The average Bonchev–Trinajstić information content (AvgIpc) is 2.58. The van der Waals surface area contributed by atoms with Crippen LogP contribution in [-0.2, 0) is 0 Å². The van der Waals surface area contributed by atoms with Crippen molar-refractivity contribution in [1.29, 1.82) is 0 Å². The van der Waals surface area contributed by atoms with Crippen LogP contribution in [0.5, 0.6) is 0 Å². The smallest absolute Gasteiger partial charge is 0.0323 e. The van der Waals surface area contributed by atoms with Crippen LogP contribution in [-0.4, -0.2) is 0 Å². The van der Waals surface area contributed by atoms with E-state index in [4.69, 9.17) is 0 Å². The second-order valence-electron chi connectivity index (χ2n) is 4.49. The van der Waals surface area contributed by atoms with Crippen molar-refractivity contribution in [3.8, 4) is 0 Å². The second-order valence-corrected chi connectivity index (χ2v) is 4.49. The van der Waals surface area contributed by atoms with Gasteiger partial charge in [-0.1, -0.05) is 13.8 Å². The molecule has 2 rings (SSSR count). The molecule has 0 bridgehead atoms. The Hall–Kier alpha value is 0. The Morgan fingerprint density at radius 1 is 1.44 bits per heavy atom. The Morgan fingerprint density at radius 2 is 2.00 bits per heavy atom. The first-order valence-corrected chi connectivity index (χ1v) is 4.20. The van der Waals surface area contributed by atoms with Crippen LogP contribution >= 0.6 is 0 Å². The molecule has 2 saturated carbocycles. The lowest BCUT2D eigenvalue weighted by Crippen LogP contribution is -1.94. The molecule has 2 aliphatic rings. The third-order valence-electron chi connectivity index (χ3n) is 3.13. The molecule has 0 amide bonds. The highest BCUT2D eigenvalue weighted by Crippen LogP contribution is 2.56. The van der Waals surface area contributed by atoms with Crippen LogP contribution < -0.4 is 0 Å². The van der Waals surface area contributed by atoms with Gasteiger partial charge < -0.3 is 0 Å². The summed E-state index contributed by atoms with van der Waals surface area (Å²) in [5.74, 6) is 2.19. The van der Waals surface area contributed by atoms with Crippen LogP contribution in [0.15, 0.2) is 0 Å². The standard InChI is InChI=1S/C9H16/c1-7-5-8(7)6-9(2)3-4-9/h7-8H,3-6H2,1-2H3. The fourth-order valence-corrected chi connectivity index (χ4v) is 1.73. The second kappa shape index (κ2) is 1.53. The van der Waals surface area contributed by atoms with Gasteiger partial charge in [0, 0.05) is 0 Å². The van der Waals surface area contributed by atoms with Gasteiger partial charge in [0.25, 0.3) is 0 Å². The van der Waals surface area contributed by atoms with Gasteiger partial charge in [-0.05, 0) is 42.9 Å². The molecule has 0 nitrogen and oxygen atoms in total. The van der Waals surface area contributed by atoms with E-state index in [0.717, 1.165) is 17.3 Å². The largest absolute Gasteiger partial charge is 0.0622 e. The van der Waals surface area contributed by atoms with E-state index in [-0.39, 0.29) is 0 Å². The molecule has 0 aromatic heterocycles. The summed E-state index contributed by atoms with van der Waals surface area (Å²) in [6.07, 6.45) is 6.08. The van der Waals surface area contributed by atoms with Crippen molar-refractivity contribution in [2.75, 3.05) is 0 Å². The molecule has 0 spiro atoms. The maximum absolute atomic E-state index is 2.44. The van der Waals surface area contributed by atoms with Gasteiger partial charge in [-0.2, -0.15) is 0 Å². The van der Waals surface area contributed by atoms with Crippen LogP contribution in [0, 0.1) is 17.3 Å². The van der Waals surface area contributed by atoms with E-state index in [1.807, 2.05) is 0 Å². The van der Waals surface area contributed by atoms with Gasteiger partial charge >= 0.3 is 0 Å². The molecule has 9 heavy (non-hydrogen) atoms. The van der Waals surface area contributed by atoms with Crippen molar-refractivity contribution in [2.45, 2.75) is 39.5 Å². The topological polar surface area (TPSA) is 0 Å². The lowest BCUT2D eigenvalue weighted by atomic mass is 10.0. The molecule has 0 saturated heterocycles. The molecule has 0 aromatic carbocycles. The third kappa shape index (κ3) is 1.12. The van der Waals surface area contributed by atoms with Crippen molar-refractivity contribution < 1.29 is 0 Å². The molecular formula is C9H16. The summed E-state index contributed by atoms with van der Waals surface area (Å²) in [4.78, 5) is 0. The summed E-state index contributed by atoms with van der Waals surface area (Å²) < 4.78 is 0. The molecule has 0 heterocycles. The molecule has 0 aliphatic heterocycles. The minimum Gasteiger partial charge on any atom is -0.0622 e. The minimum absolute atomic E-state index is 0.815. The zero-order valence-corrected chi connectivity index (χ0v) is 6.48. The summed E-state index contributed by atoms with van der Waals surface area (Å²) in [6, 6.07) is 0. The molecule has 0 N–H and O–H groups in total. The molecule has 0 aromatic rings. The Balaban J connectivity index is 1.79. The van der Waals surface area contributed by atoms with E-state index in [0.29, 0.717) is 0 Å². The van der Waals surface area contributed by atoms with Gasteiger partial charge in [0.15, 0.2) is 0 Å². The zero-order valence-electron chi connectivity index (χ0n) is 6.48. The predicted octanol–water partition coefficient (Wildman–Crippen LogP) is 2.83. The Labute approximate surface area is 57.6 Å². The normalized spacial score (nSPS) is 44.7. The van der Waals surface area contributed by atoms with E-state index < -0.39 is 0 Å². The first-order valence-electron chi connectivity index (χ1n) is 4.20. The first-order chi connectivity index (χ1) is 4.20. The van der Waals surface area contributed by atoms with Crippen molar-refractivity contribution in [3.63, 3.8) is 0 Å². The molecule has 52 valence electrons. The quantitative estimate of drug-likeness (QED) is 0.531. The monoisotopic (exact) mass is 124 g/mol. The van der Waals surface area contributed by atoms with Crippen molar-refractivity contribution in [2.24, 2.45) is 17.3 Å². The van der Waals surface area contributed by atoms with Gasteiger partial charge in [0.1, 0.15) is 0 Å².